The van der Waals surface area contributed by atoms with E-state index in [4.69, 9.17) is 9.84 Å². The van der Waals surface area contributed by atoms with Crippen molar-refractivity contribution in [2.24, 2.45) is 5.92 Å². The number of carboxylic acids is 1. The lowest BCUT2D eigenvalue weighted by Gasteiger charge is -2.30. The topological polar surface area (TPSA) is 78.9 Å². The average molecular weight is 258 g/mol. The van der Waals surface area contributed by atoms with Crippen molar-refractivity contribution in [3.8, 4) is 0 Å². The number of carbonyl (C=O) groups excluding carboxylic acids is 1. The molecule has 0 aromatic rings. The first-order valence-electron chi connectivity index (χ1n) is 6.26. The quantitative estimate of drug-likeness (QED) is 0.722. The summed E-state index contributed by atoms with van der Waals surface area (Å²) in [6.07, 6.45) is -0.825. The SMILES string of the molecule is CC(C)C(C)NC(=O)CN1CCOC(C(=O)O)C1. The second-order valence-electron chi connectivity index (χ2n) is 5.03. The van der Waals surface area contributed by atoms with Crippen LogP contribution in [-0.2, 0) is 14.3 Å². The second kappa shape index (κ2) is 6.70. The predicted octanol–water partition coefficient (Wildman–Crippen LogP) is -0.0675. The molecule has 6 nitrogen and oxygen atoms in total. The fourth-order valence-corrected chi connectivity index (χ4v) is 1.66. The van der Waals surface area contributed by atoms with Crippen LogP contribution in [0.3, 0.4) is 0 Å². The second-order valence-corrected chi connectivity index (χ2v) is 5.03. The van der Waals surface area contributed by atoms with Crippen molar-refractivity contribution < 1.29 is 19.4 Å². The molecule has 2 atom stereocenters. The van der Waals surface area contributed by atoms with Gasteiger partial charge in [-0.25, -0.2) is 4.79 Å². The van der Waals surface area contributed by atoms with Crippen LogP contribution in [0.25, 0.3) is 0 Å². The third kappa shape index (κ3) is 4.62. The zero-order valence-electron chi connectivity index (χ0n) is 11.2. The number of aliphatic carboxylic acids is 1. The van der Waals surface area contributed by atoms with Crippen LogP contribution < -0.4 is 5.32 Å². The Balaban J connectivity index is 2.37. The van der Waals surface area contributed by atoms with Crippen LogP contribution in [0.1, 0.15) is 20.8 Å². The highest BCUT2D eigenvalue weighted by molar-refractivity contribution is 5.78. The number of morpholine rings is 1. The van der Waals surface area contributed by atoms with Gasteiger partial charge >= 0.3 is 5.97 Å². The number of rotatable bonds is 5. The number of hydrogen-bond donors (Lipinski definition) is 2. The van der Waals surface area contributed by atoms with Crippen LogP contribution >= 0.6 is 0 Å². The smallest absolute Gasteiger partial charge is 0.334 e. The van der Waals surface area contributed by atoms with E-state index in [-0.39, 0.29) is 25.0 Å². The van der Waals surface area contributed by atoms with Gasteiger partial charge < -0.3 is 15.2 Å². The van der Waals surface area contributed by atoms with E-state index >= 15 is 0 Å². The third-order valence-electron chi connectivity index (χ3n) is 3.18. The monoisotopic (exact) mass is 258 g/mol. The maximum absolute atomic E-state index is 11.8. The normalized spacial score (nSPS) is 22.8. The summed E-state index contributed by atoms with van der Waals surface area (Å²) >= 11 is 0. The zero-order valence-corrected chi connectivity index (χ0v) is 11.2. The highest BCUT2D eigenvalue weighted by Gasteiger charge is 2.27. The van der Waals surface area contributed by atoms with E-state index in [1.165, 1.54) is 0 Å². The van der Waals surface area contributed by atoms with Gasteiger partial charge in [0.15, 0.2) is 6.10 Å². The van der Waals surface area contributed by atoms with Gasteiger partial charge in [-0.2, -0.15) is 0 Å². The summed E-state index contributed by atoms with van der Waals surface area (Å²) in [5, 5.41) is 11.8. The Morgan fingerprint density at radius 2 is 2.11 bits per heavy atom. The minimum Gasteiger partial charge on any atom is -0.479 e. The molecule has 6 heteroatoms. The number of nitrogens with zero attached hydrogens (tertiary/aromatic N) is 1. The molecule has 1 fully saturated rings. The van der Waals surface area contributed by atoms with Gasteiger partial charge in [-0.1, -0.05) is 13.8 Å². The lowest BCUT2D eigenvalue weighted by atomic mass is 10.1. The van der Waals surface area contributed by atoms with Crippen LogP contribution in [-0.4, -0.2) is 60.3 Å². The van der Waals surface area contributed by atoms with Crippen molar-refractivity contribution in [1.29, 1.82) is 0 Å². The maximum Gasteiger partial charge on any atom is 0.334 e. The third-order valence-corrected chi connectivity index (χ3v) is 3.18. The molecule has 1 amide bonds. The van der Waals surface area contributed by atoms with Gasteiger partial charge in [0.1, 0.15) is 0 Å². The van der Waals surface area contributed by atoms with Crippen molar-refractivity contribution in [3.63, 3.8) is 0 Å². The highest BCUT2D eigenvalue weighted by atomic mass is 16.5. The van der Waals surface area contributed by atoms with E-state index in [1.54, 1.807) is 0 Å². The molecule has 2 unspecified atom stereocenters. The van der Waals surface area contributed by atoms with Gasteiger partial charge in [-0.15, -0.1) is 0 Å². The van der Waals surface area contributed by atoms with Gasteiger partial charge in [-0.05, 0) is 12.8 Å². The largest absolute Gasteiger partial charge is 0.479 e. The lowest BCUT2D eigenvalue weighted by molar-refractivity contribution is -0.156. The predicted molar refractivity (Wildman–Crippen MR) is 66.3 cm³/mol. The molecule has 2 N–H and O–H groups in total. The molecule has 0 bridgehead atoms. The van der Waals surface area contributed by atoms with E-state index < -0.39 is 12.1 Å². The minimum atomic E-state index is -0.976. The van der Waals surface area contributed by atoms with Gasteiger partial charge in [0.25, 0.3) is 0 Å². The van der Waals surface area contributed by atoms with Crippen LogP contribution in [0.15, 0.2) is 0 Å². The number of carbonyl (C=O) groups is 2. The average Bonchev–Trinajstić information content (AvgIpc) is 2.28. The van der Waals surface area contributed by atoms with Gasteiger partial charge in [0.05, 0.1) is 13.2 Å². The molecular formula is C12H22N2O4. The maximum atomic E-state index is 11.8. The first kappa shape index (κ1) is 14.9. The number of nitrogens with one attached hydrogen (secondary N) is 1. The molecule has 0 saturated carbocycles. The summed E-state index contributed by atoms with van der Waals surface area (Å²) < 4.78 is 5.10. The lowest BCUT2D eigenvalue weighted by Crippen LogP contribution is -2.50. The molecule has 0 aliphatic carbocycles. The molecule has 18 heavy (non-hydrogen) atoms. The molecule has 0 aromatic carbocycles. The van der Waals surface area contributed by atoms with E-state index in [0.717, 1.165) is 0 Å². The summed E-state index contributed by atoms with van der Waals surface area (Å²) in [6.45, 7) is 7.47. The summed E-state index contributed by atoms with van der Waals surface area (Å²) in [7, 11) is 0. The van der Waals surface area contributed by atoms with Crippen molar-refractivity contribution in [1.82, 2.24) is 10.2 Å². The van der Waals surface area contributed by atoms with Gasteiger partial charge in [-0.3, -0.25) is 9.69 Å². The molecular weight excluding hydrogens is 236 g/mol. The van der Waals surface area contributed by atoms with Crippen LogP contribution in [0.4, 0.5) is 0 Å². The van der Waals surface area contributed by atoms with E-state index in [0.29, 0.717) is 19.1 Å². The molecule has 0 radical (unpaired) electrons. The highest BCUT2D eigenvalue weighted by Crippen LogP contribution is 2.05. The molecule has 0 aromatic heterocycles. The van der Waals surface area contributed by atoms with Crippen LogP contribution in [0, 0.1) is 5.92 Å². The fraction of sp³-hybridized carbons (Fsp3) is 0.833. The molecule has 0 spiro atoms. The first-order valence-corrected chi connectivity index (χ1v) is 6.26. The number of carboxylic acid groups (broad SMARTS) is 1. The fourth-order valence-electron chi connectivity index (χ4n) is 1.66. The Bertz CT molecular complexity index is 306. The Morgan fingerprint density at radius 3 is 2.67 bits per heavy atom. The van der Waals surface area contributed by atoms with E-state index in [9.17, 15) is 9.59 Å². The van der Waals surface area contributed by atoms with Gasteiger partial charge in [0.2, 0.25) is 5.91 Å². The summed E-state index contributed by atoms with van der Waals surface area (Å²) in [6, 6.07) is 0.119. The zero-order chi connectivity index (χ0) is 13.7. The molecule has 1 aliphatic heterocycles. The summed E-state index contributed by atoms with van der Waals surface area (Å²) in [5.41, 5.74) is 0. The Morgan fingerprint density at radius 1 is 1.44 bits per heavy atom. The van der Waals surface area contributed by atoms with E-state index in [1.807, 2.05) is 25.7 Å². The van der Waals surface area contributed by atoms with Crippen LogP contribution in [0.2, 0.25) is 0 Å². The molecule has 1 aliphatic rings. The van der Waals surface area contributed by atoms with Crippen molar-refractivity contribution in [2.75, 3.05) is 26.2 Å². The van der Waals surface area contributed by atoms with Crippen molar-refractivity contribution in [3.05, 3.63) is 0 Å². The van der Waals surface area contributed by atoms with Gasteiger partial charge in [0, 0.05) is 19.1 Å². The summed E-state index contributed by atoms with van der Waals surface area (Å²) in [4.78, 5) is 24.4. The Kier molecular flexibility index (Phi) is 5.55. The minimum absolute atomic E-state index is 0.0674. The molecule has 1 saturated heterocycles. The standard InChI is InChI=1S/C12H22N2O4/c1-8(2)9(3)13-11(15)7-14-4-5-18-10(6-14)12(16)17/h8-10H,4-7H2,1-3H3,(H,13,15)(H,16,17). The Labute approximate surface area is 107 Å². The van der Waals surface area contributed by atoms with E-state index in [2.05, 4.69) is 5.32 Å². The van der Waals surface area contributed by atoms with Crippen LogP contribution in [0.5, 0.6) is 0 Å². The summed E-state index contributed by atoms with van der Waals surface area (Å²) in [5.74, 6) is -0.664. The van der Waals surface area contributed by atoms with Crippen molar-refractivity contribution in [2.45, 2.75) is 32.9 Å². The first-order chi connectivity index (χ1) is 8.40. The van der Waals surface area contributed by atoms with Crippen molar-refractivity contribution >= 4 is 11.9 Å². The Hall–Kier alpha value is -1.14. The molecule has 1 heterocycles. The number of amides is 1. The molecule has 104 valence electrons. The number of hydrogen-bond acceptors (Lipinski definition) is 4. The molecule has 1 rings (SSSR count). The number of ether oxygens (including phenoxy) is 1.